The SMILES string of the molecule is Cc1ccc(S(C)(=O)=O)c2c1COC2. The molecule has 0 saturated heterocycles. The molecule has 0 saturated carbocycles. The van der Waals surface area contributed by atoms with Crippen LogP contribution in [0.1, 0.15) is 16.7 Å². The van der Waals surface area contributed by atoms with Crippen LogP contribution in [0, 0.1) is 6.92 Å². The fourth-order valence-corrected chi connectivity index (χ4v) is 2.70. The summed E-state index contributed by atoms with van der Waals surface area (Å²) < 4.78 is 28.2. The highest BCUT2D eigenvalue weighted by atomic mass is 32.2. The van der Waals surface area contributed by atoms with Crippen molar-refractivity contribution in [2.45, 2.75) is 25.0 Å². The lowest BCUT2D eigenvalue weighted by Gasteiger charge is -2.06. The molecule has 0 amide bonds. The second-order valence-corrected chi connectivity index (χ2v) is 5.59. The first-order valence-electron chi connectivity index (χ1n) is 4.39. The summed E-state index contributed by atoms with van der Waals surface area (Å²) in [5.74, 6) is 0. The molecular weight excluding hydrogens is 200 g/mol. The summed E-state index contributed by atoms with van der Waals surface area (Å²) in [5.41, 5.74) is 2.98. The van der Waals surface area contributed by atoms with Gasteiger partial charge in [-0.3, -0.25) is 0 Å². The number of ether oxygens (including phenoxy) is 1. The molecule has 0 spiro atoms. The zero-order valence-electron chi connectivity index (χ0n) is 8.20. The highest BCUT2D eigenvalue weighted by Gasteiger charge is 2.22. The van der Waals surface area contributed by atoms with Crippen molar-refractivity contribution in [2.24, 2.45) is 0 Å². The molecule has 4 heteroatoms. The number of sulfone groups is 1. The van der Waals surface area contributed by atoms with Gasteiger partial charge in [-0.05, 0) is 24.1 Å². The maximum Gasteiger partial charge on any atom is 0.175 e. The summed E-state index contributed by atoms with van der Waals surface area (Å²) in [6.45, 7) is 2.92. The molecule has 0 N–H and O–H groups in total. The second kappa shape index (κ2) is 3.07. The number of rotatable bonds is 1. The molecule has 1 aliphatic heterocycles. The standard InChI is InChI=1S/C10H12O3S/c1-7-3-4-10(14(2,11)12)9-6-13-5-8(7)9/h3-4H,5-6H2,1-2H3. The third kappa shape index (κ3) is 1.44. The lowest BCUT2D eigenvalue weighted by Crippen LogP contribution is -2.03. The first kappa shape index (κ1) is 9.68. The van der Waals surface area contributed by atoms with Crippen LogP contribution in [0.15, 0.2) is 17.0 Å². The monoisotopic (exact) mass is 212 g/mol. The number of hydrogen-bond donors (Lipinski definition) is 0. The minimum absolute atomic E-state index is 0.413. The van der Waals surface area contributed by atoms with Gasteiger partial charge in [0.25, 0.3) is 0 Å². The first-order valence-corrected chi connectivity index (χ1v) is 6.28. The summed E-state index contributed by atoms with van der Waals surface area (Å²) in [5, 5.41) is 0. The zero-order valence-corrected chi connectivity index (χ0v) is 9.02. The maximum atomic E-state index is 11.4. The van der Waals surface area contributed by atoms with Gasteiger partial charge in [-0.25, -0.2) is 8.42 Å². The molecule has 0 fully saturated rings. The van der Waals surface area contributed by atoms with Gasteiger partial charge in [0.05, 0.1) is 18.1 Å². The highest BCUT2D eigenvalue weighted by Crippen LogP contribution is 2.29. The van der Waals surface area contributed by atoms with Gasteiger partial charge >= 0.3 is 0 Å². The predicted molar refractivity (Wildman–Crippen MR) is 52.8 cm³/mol. The van der Waals surface area contributed by atoms with E-state index in [1.165, 1.54) is 6.26 Å². The lowest BCUT2D eigenvalue weighted by molar-refractivity contribution is 0.133. The topological polar surface area (TPSA) is 43.4 Å². The van der Waals surface area contributed by atoms with Gasteiger partial charge in [-0.1, -0.05) is 6.07 Å². The summed E-state index contributed by atoms with van der Waals surface area (Å²) in [6.07, 6.45) is 1.23. The van der Waals surface area contributed by atoms with E-state index in [4.69, 9.17) is 4.74 Å². The van der Waals surface area contributed by atoms with Gasteiger partial charge in [0.15, 0.2) is 9.84 Å². The van der Waals surface area contributed by atoms with Crippen molar-refractivity contribution in [1.29, 1.82) is 0 Å². The Morgan fingerprint density at radius 3 is 2.50 bits per heavy atom. The first-order chi connectivity index (χ1) is 6.50. The van der Waals surface area contributed by atoms with Crippen LogP contribution >= 0.6 is 0 Å². The molecule has 1 heterocycles. The third-order valence-corrected chi connectivity index (χ3v) is 3.70. The van der Waals surface area contributed by atoms with Crippen molar-refractivity contribution < 1.29 is 13.2 Å². The van der Waals surface area contributed by atoms with Crippen LogP contribution in [0.2, 0.25) is 0 Å². The van der Waals surface area contributed by atoms with E-state index < -0.39 is 9.84 Å². The van der Waals surface area contributed by atoms with Crippen LogP contribution < -0.4 is 0 Å². The minimum atomic E-state index is -3.12. The molecule has 0 unspecified atom stereocenters. The average molecular weight is 212 g/mol. The molecular formula is C10H12O3S. The van der Waals surface area contributed by atoms with Gasteiger partial charge in [-0.2, -0.15) is 0 Å². The molecule has 3 nitrogen and oxygen atoms in total. The van der Waals surface area contributed by atoms with E-state index in [9.17, 15) is 8.42 Å². The zero-order chi connectivity index (χ0) is 10.3. The summed E-state index contributed by atoms with van der Waals surface area (Å²) in [6, 6.07) is 3.50. The van der Waals surface area contributed by atoms with Crippen LogP contribution in [0.25, 0.3) is 0 Å². The Kier molecular flexibility index (Phi) is 2.12. The number of hydrogen-bond acceptors (Lipinski definition) is 3. The fourth-order valence-electron chi connectivity index (χ4n) is 1.75. The molecule has 0 bridgehead atoms. The van der Waals surface area contributed by atoms with Crippen LogP contribution in [0.5, 0.6) is 0 Å². The van der Waals surface area contributed by atoms with Crippen molar-refractivity contribution in [2.75, 3.05) is 6.26 Å². The van der Waals surface area contributed by atoms with Crippen molar-refractivity contribution in [1.82, 2.24) is 0 Å². The van der Waals surface area contributed by atoms with Gasteiger partial charge in [0.2, 0.25) is 0 Å². The molecule has 1 aromatic carbocycles. The quantitative estimate of drug-likeness (QED) is 0.707. The molecule has 2 rings (SSSR count). The Labute approximate surface area is 83.6 Å². The van der Waals surface area contributed by atoms with Crippen molar-refractivity contribution in [3.63, 3.8) is 0 Å². The average Bonchev–Trinajstić information content (AvgIpc) is 2.50. The van der Waals surface area contributed by atoms with Crippen LogP contribution in [-0.2, 0) is 27.8 Å². The Morgan fingerprint density at radius 2 is 1.86 bits per heavy atom. The van der Waals surface area contributed by atoms with E-state index in [1.807, 2.05) is 13.0 Å². The normalized spacial score (nSPS) is 15.6. The van der Waals surface area contributed by atoms with Crippen LogP contribution in [-0.4, -0.2) is 14.7 Å². The van der Waals surface area contributed by atoms with E-state index in [2.05, 4.69) is 0 Å². The smallest absolute Gasteiger partial charge is 0.175 e. The van der Waals surface area contributed by atoms with E-state index >= 15 is 0 Å². The Morgan fingerprint density at radius 1 is 1.21 bits per heavy atom. The number of aryl methyl sites for hydroxylation is 1. The van der Waals surface area contributed by atoms with E-state index in [1.54, 1.807) is 6.07 Å². The lowest BCUT2D eigenvalue weighted by atomic mass is 10.1. The largest absolute Gasteiger partial charge is 0.372 e. The van der Waals surface area contributed by atoms with E-state index in [-0.39, 0.29) is 0 Å². The van der Waals surface area contributed by atoms with Gasteiger partial charge < -0.3 is 4.74 Å². The molecule has 0 aliphatic carbocycles. The molecule has 0 radical (unpaired) electrons. The Hall–Kier alpha value is -0.870. The van der Waals surface area contributed by atoms with E-state index in [0.717, 1.165) is 16.7 Å². The molecule has 1 aromatic rings. The van der Waals surface area contributed by atoms with Crippen molar-refractivity contribution in [3.8, 4) is 0 Å². The Balaban J connectivity index is 2.72. The van der Waals surface area contributed by atoms with Crippen LogP contribution in [0.4, 0.5) is 0 Å². The van der Waals surface area contributed by atoms with Gasteiger partial charge in [0.1, 0.15) is 0 Å². The highest BCUT2D eigenvalue weighted by molar-refractivity contribution is 7.90. The van der Waals surface area contributed by atoms with Gasteiger partial charge in [-0.15, -0.1) is 0 Å². The molecule has 1 aliphatic rings. The van der Waals surface area contributed by atoms with E-state index in [0.29, 0.717) is 18.1 Å². The van der Waals surface area contributed by atoms with Gasteiger partial charge in [0, 0.05) is 11.8 Å². The molecule has 14 heavy (non-hydrogen) atoms. The number of fused-ring (bicyclic) bond motifs is 1. The summed E-state index contributed by atoms with van der Waals surface area (Å²) in [4.78, 5) is 0.413. The number of benzene rings is 1. The molecule has 0 aromatic heterocycles. The molecule has 0 atom stereocenters. The summed E-state index contributed by atoms with van der Waals surface area (Å²) in [7, 11) is -3.12. The Bertz CT molecular complexity index is 474. The second-order valence-electron chi connectivity index (χ2n) is 3.60. The minimum Gasteiger partial charge on any atom is -0.372 e. The van der Waals surface area contributed by atoms with Crippen molar-refractivity contribution >= 4 is 9.84 Å². The van der Waals surface area contributed by atoms with Crippen LogP contribution in [0.3, 0.4) is 0 Å². The third-order valence-electron chi connectivity index (χ3n) is 2.51. The fraction of sp³-hybridized carbons (Fsp3) is 0.400. The maximum absolute atomic E-state index is 11.4. The summed E-state index contributed by atoms with van der Waals surface area (Å²) >= 11 is 0. The van der Waals surface area contributed by atoms with Crippen molar-refractivity contribution in [3.05, 3.63) is 28.8 Å². The predicted octanol–water partition coefficient (Wildman–Crippen LogP) is 1.43. The molecule has 76 valence electrons.